The number of aliphatic hydroxyl groups excluding tert-OH is 4. The van der Waals surface area contributed by atoms with E-state index in [1.807, 2.05) is 0 Å². The summed E-state index contributed by atoms with van der Waals surface area (Å²) in [6, 6.07) is 0. The summed E-state index contributed by atoms with van der Waals surface area (Å²) < 4.78 is 22.2. The van der Waals surface area contributed by atoms with Crippen LogP contribution in [0.25, 0.3) is 0 Å². The van der Waals surface area contributed by atoms with E-state index in [9.17, 15) is 30.0 Å². The number of carbonyl (C=O) groups excluding carboxylic acids is 2. The Bertz CT molecular complexity index is 1110. The van der Waals surface area contributed by atoms with E-state index in [4.69, 9.17) is 18.9 Å². The molecule has 62 heavy (non-hydrogen) atoms. The Labute approximate surface area is 378 Å². The van der Waals surface area contributed by atoms with E-state index in [-0.39, 0.29) is 26.1 Å². The van der Waals surface area contributed by atoms with Gasteiger partial charge in [-0.15, -0.1) is 0 Å². The molecule has 4 N–H and O–H groups in total. The van der Waals surface area contributed by atoms with Crippen molar-refractivity contribution in [3.05, 3.63) is 36.5 Å². The second-order valence-electron chi connectivity index (χ2n) is 17.6. The fourth-order valence-electron chi connectivity index (χ4n) is 7.68. The van der Waals surface area contributed by atoms with Crippen molar-refractivity contribution in [2.45, 2.75) is 263 Å². The van der Waals surface area contributed by atoms with Gasteiger partial charge in [-0.2, -0.15) is 0 Å². The summed E-state index contributed by atoms with van der Waals surface area (Å²) in [5.74, 6) is -0.854. The molecular weight excluding hydrogens is 785 g/mol. The lowest BCUT2D eigenvalue weighted by atomic mass is 9.99. The third kappa shape index (κ3) is 33.4. The Balaban J connectivity index is 2.25. The van der Waals surface area contributed by atoms with Gasteiger partial charge >= 0.3 is 11.9 Å². The van der Waals surface area contributed by atoms with Crippen LogP contribution in [0.5, 0.6) is 0 Å². The first-order chi connectivity index (χ1) is 30.3. The SMILES string of the molecule is CCCC/C=C/C/C=C/CCCCCCCC(=O)O[C@@H](COC(=O)CCC/C=C/CCCCCCCCCCCCCCCCCCCC)CO[C@H]1O[C@@H](CO)[C@@H](O)C(O)C1O. The first-order valence-electron chi connectivity index (χ1n) is 25.6. The molecule has 10 nitrogen and oxygen atoms in total. The molecule has 1 fully saturated rings. The summed E-state index contributed by atoms with van der Waals surface area (Å²) in [5, 5.41) is 40.1. The number of carbonyl (C=O) groups is 2. The molecule has 0 aromatic carbocycles. The van der Waals surface area contributed by atoms with Gasteiger partial charge in [-0.25, -0.2) is 0 Å². The molecule has 2 unspecified atom stereocenters. The minimum Gasteiger partial charge on any atom is -0.462 e. The Hall–Kier alpha value is -2.08. The maximum atomic E-state index is 12.8. The molecule has 362 valence electrons. The predicted octanol–water partition coefficient (Wildman–Crippen LogP) is 11.8. The number of allylic oxidation sites excluding steroid dienone is 6. The van der Waals surface area contributed by atoms with E-state index in [1.165, 1.54) is 128 Å². The largest absolute Gasteiger partial charge is 0.462 e. The number of hydrogen-bond donors (Lipinski definition) is 4. The number of ether oxygens (including phenoxy) is 4. The van der Waals surface area contributed by atoms with Crippen LogP contribution in [0.4, 0.5) is 0 Å². The number of rotatable bonds is 43. The second-order valence-corrected chi connectivity index (χ2v) is 17.6. The van der Waals surface area contributed by atoms with Crippen molar-refractivity contribution in [1.29, 1.82) is 0 Å². The van der Waals surface area contributed by atoms with Crippen molar-refractivity contribution < 1.29 is 49.0 Å². The van der Waals surface area contributed by atoms with Crippen LogP contribution in [-0.4, -0.2) is 89.0 Å². The minimum absolute atomic E-state index is 0.209. The van der Waals surface area contributed by atoms with Crippen LogP contribution in [0, 0.1) is 0 Å². The van der Waals surface area contributed by atoms with E-state index in [0.717, 1.165) is 57.8 Å². The van der Waals surface area contributed by atoms with Crippen LogP contribution >= 0.6 is 0 Å². The average molecular weight is 879 g/mol. The van der Waals surface area contributed by atoms with Crippen LogP contribution in [0.3, 0.4) is 0 Å². The lowest BCUT2D eigenvalue weighted by Crippen LogP contribution is -2.59. The molecule has 0 spiro atoms. The van der Waals surface area contributed by atoms with E-state index >= 15 is 0 Å². The van der Waals surface area contributed by atoms with E-state index in [0.29, 0.717) is 12.8 Å². The third-order valence-electron chi connectivity index (χ3n) is 11.7. The summed E-state index contributed by atoms with van der Waals surface area (Å²) in [6.45, 7) is 3.37. The number of aliphatic hydroxyl groups is 4. The quantitative estimate of drug-likeness (QED) is 0.0265. The standard InChI is InChI=1S/C52H94O10/c1-3-5-7-9-11-13-15-17-19-20-21-22-23-24-25-26-27-29-30-32-34-36-38-40-47(54)59-43-45(44-60-52-51(58)50(57)49(56)46(42-53)62-52)61-48(55)41-39-37-35-33-31-28-18-16-14-12-10-8-6-4-2/h10,12,16,18,32,34,45-46,49-53,56-58H,3-9,11,13-15,17,19-31,33,35-44H2,1-2H3/b12-10+,18-16+,34-32+/t45-,46-,49+,50?,51?,52-/m0/s1. The predicted molar refractivity (Wildman–Crippen MR) is 252 cm³/mol. The van der Waals surface area contributed by atoms with Crippen molar-refractivity contribution in [1.82, 2.24) is 0 Å². The van der Waals surface area contributed by atoms with Gasteiger partial charge in [-0.05, 0) is 57.8 Å². The van der Waals surface area contributed by atoms with Crippen molar-refractivity contribution in [3.63, 3.8) is 0 Å². The molecule has 1 rings (SSSR count). The van der Waals surface area contributed by atoms with Crippen LogP contribution in [-0.2, 0) is 28.5 Å². The highest BCUT2D eigenvalue weighted by molar-refractivity contribution is 5.70. The van der Waals surface area contributed by atoms with Crippen LogP contribution < -0.4 is 0 Å². The summed E-state index contributed by atoms with van der Waals surface area (Å²) in [4.78, 5) is 25.4. The monoisotopic (exact) mass is 879 g/mol. The molecule has 1 aliphatic rings. The Morgan fingerprint density at radius 1 is 0.500 bits per heavy atom. The van der Waals surface area contributed by atoms with Gasteiger partial charge in [0.25, 0.3) is 0 Å². The third-order valence-corrected chi connectivity index (χ3v) is 11.7. The Morgan fingerprint density at radius 3 is 1.45 bits per heavy atom. The minimum atomic E-state index is -1.60. The normalized spacial score (nSPS) is 19.9. The zero-order chi connectivity index (χ0) is 45.1. The van der Waals surface area contributed by atoms with Crippen LogP contribution in [0.15, 0.2) is 36.5 Å². The van der Waals surface area contributed by atoms with Gasteiger partial charge in [0.1, 0.15) is 31.0 Å². The average Bonchev–Trinajstić information content (AvgIpc) is 3.27. The van der Waals surface area contributed by atoms with E-state index < -0.39 is 55.4 Å². The number of unbranched alkanes of at least 4 members (excludes halogenated alkanes) is 26. The van der Waals surface area contributed by atoms with Crippen LogP contribution in [0.1, 0.15) is 226 Å². The van der Waals surface area contributed by atoms with Crippen molar-refractivity contribution >= 4 is 11.9 Å². The van der Waals surface area contributed by atoms with Gasteiger partial charge in [0, 0.05) is 12.8 Å². The fourth-order valence-corrected chi connectivity index (χ4v) is 7.68. The molecule has 10 heteroatoms. The molecule has 0 bridgehead atoms. The summed E-state index contributed by atoms with van der Waals surface area (Å²) in [7, 11) is 0. The van der Waals surface area contributed by atoms with Crippen molar-refractivity contribution in [3.8, 4) is 0 Å². The molecule has 0 radical (unpaired) electrons. The highest BCUT2D eigenvalue weighted by atomic mass is 16.7. The smallest absolute Gasteiger partial charge is 0.306 e. The highest BCUT2D eigenvalue weighted by Crippen LogP contribution is 2.23. The van der Waals surface area contributed by atoms with Gasteiger partial charge < -0.3 is 39.4 Å². The summed E-state index contributed by atoms with van der Waals surface area (Å²) >= 11 is 0. The topological polar surface area (TPSA) is 152 Å². The summed E-state index contributed by atoms with van der Waals surface area (Å²) in [6.07, 6.45) is 43.1. The maximum Gasteiger partial charge on any atom is 0.306 e. The highest BCUT2D eigenvalue weighted by Gasteiger charge is 2.44. The fraction of sp³-hybridized carbons (Fsp3) is 0.846. The molecule has 0 saturated carbocycles. The molecule has 0 aliphatic carbocycles. The van der Waals surface area contributed by atoms with Gasteiger partial charge in [0.2, 0.25) is 0 Å². The lowest BCUT2D eigenvalue weighted by molar-refractivity contribution is -0.305. The Morgan fingerprint density at radius 2 is 0.935 bits per heavy atom. The molecule has 0 aromatic rings. The molecular formula is C52H94O10. The molecule has 0 amide bonds. The molecule has 1 aliphatic heterocycles. The second kappa shape index (κ2) is 42.8. The number of esters is 2. The number of hydrogen-bond acceptors (Lipinski definition) is 10. The zero-order valence-corrected chi connectivity index (χ0v) is 39.6. The molecule has 0 aromatic heterocycles. The van der Waals surface area contributed by atoms with E-state index in [1.54, 1.807) is 0 Å². The first-order valence-corrected chi connectivity index (χ1v) is 25.6. The first kappa shape index (κ1) is 57.9. The van der Waals surface area contributed by atoms with Crippen LogP contribution in [0.2, 0.25) is 0 Å². The van der Waals surface area contributed by atoms with Crippen molar-refractivity contribution in [2.75, 3.05) is 19.8 Å². The molecule has 6 atom stereocenters. The summed E-state index contributed by atoms with van der Waals surface area (Å²) in [5.41, 5.74) is 0. The molecule has 1 saturated heterocycles. The lowest BCUT2D eigenvalue weighted by Gasteiger charge is -2.39. The maximum absolute atomic E-state index is 12.8. The Kier molecular flexibility index (Phi) is 40.0. The van der Waals surface area contributed by atoms with Gasteiger partial charge in [0.15, 0.2) is 12.4 Å². The van der Waals surface area contributed by atoms with Gasteiger partial charge in [-0.3, -0.25) is 9.59 Å². The molecule has 1 heterocycles. The zero-order valence-electron chi connectivity index (χ0n) is 39.6. The van der Waals surface area contributed by atoms with Gasteiger partial charge in [-0.1, -0.05) is 192 Å². The van der Waals surface area contributed by atoms with E-state index in [2.05, 4.69) is 50.3 Å². The van der Waals surface area contributed by atoms with Crippen molar-refractivity contribution in [2.24, 2.45) is 0 Å². The van der Waals surface area contributed by atoms with Gasteiger partial charge in [0.05, 0.1) is 13.2 Å².